The molecule has 1 fully saturated rings. The molecule has 1 aliphatic heterocycles. The van der Waals surface area contributed by atoms with E-state index < -0.39 is 10.8 Å². The Morgan fingerprint density at radius 2 is 2.30 bits per heavy atom. The second-order valence-electron chi connectivity index (χ2n) is 5.61. The number of nitrogens with two attached hydrogens (primary N) is 2. The van der Waals surface area contributed by atoms with Gasteiger partial charge in [0.25, 0.3) is 5.69 Å². The molecule has 0 radical (unpaired) electrons. The molecule has 1 saturated heterocycles. The van der Waals surface area contributed by atoms with Crippen molar-refractivity contribution in [1.29, 1.82) is 0 Å². The van der Waals surface area contributed by atoms with Gasteiger partial charge in [-0.3, -0.25) is 19.8 Å². The van der Waals surface area contributed by atoms with Crippen LogP contribution in [-0.4, -0.2) is 61.7 Å². The summed E-state index contributed by atoms with van der Waals surface area (Å²) < 4.78 is 5.68. The van der Waals surface area contributed by atoms with Crippen molar-refractivity contribution in [3.05, 3.63) is 28.3 Å². The smallest absolute Gasteiger partial charge is 0.292 e. The number of nitro groups is 1. The summed E-state index contributed by atoms with van der Waals surface area (Å²) in [7, 11) is 1.77. The molecule has 1 amide bonds. The Hall–Kier alpha value is -2.39. The lowest BCUT2D eigenvalue weighted by Gasteiger charge is -2.35. The number of hydrogen-bond donors (Lipinski definition) is 2. The minimum Gasteiger partial charge on any atom is -0.399 e. The third kappa shape index (κ3) is 4.54. The molecule has 0 saturated carbocycles. The fourth-order valence-corrected chi connectivity index (χ4v) is 2.67. The first-order valence-corrected chi connectivity index (χ1v) is 7.24. The lowest BCUT2D eigenvalue weighted by Crippen LogP contribution is -2.48. The van der Waals surface area contributed by atoms with Gasteiger partial charge < -0.3 is 21.1 Å². The average molecular weight is 323 g/mol. The summed E-state index contributed by atoms with van der Waals surface area (Å²) in [5.41, 5.74) is 11.9. The van der Waals surface area contributed by atoms with Gasteiger partial charge in [0.2, 0.25) is 5.91 Å². The molecular weight excluding hydrogens is 302 g/mol. The van der Waals surface area contributed by atoms with Crippen LogP contribution in [0.2, 0.25) is 0 Å². The lowest BCUT2D eigenvalue weighted by molar-refractivity contribution is -0.384. The van der Waals surface area contributed by atoms with Gasteiger partial charge in [-0.15, -0.1) is 0 Å². The number of ether oxygens (including phenoxy) is 1. The predicted octanol–water partition coefficient (Wildman–Crippen LogP) is -0.201. The number of carbonyl (C=O) groups is 1. The van der Waals surface area contributed by atoms with Crippen molar-refractivity contribution in [2.24, 2.45) is 5.73 Å². The van der Waals surface area contributed by atoms with Crippen LogP contribution in [0.25, 0.3) is 0 Å². The molecule has 0 bridgehead atoms. The molecular formula is C14H21N5O4. The van der Waals surface area contributed by atoms with Gasteiger partial charge in [-0.2, -0.15) is 0 Å². The van der Waals surface area contributed by atoms with E-state index in [-0.39, 0.29) is 18.3 Å². The molecule has 126 valence electrons. The number of anilines is 2. The number of primary amides is 1. The van der Waals surface area contributed by atoms with Gasteiger partial charge in [-0.05, 0) is 19.2 Å². The maximum absolute atomic E-state index is 11.2. The summed E-state index contributed by atoms with van der Waals surface area (Å²) in [4.78, 5) is 25.4. The number of benzene rings is 1. The zero-order valence-corrected chi connectivity index (χ0v) is 13.0. The van der Waals surface area contributed by atoms with Gasteiger partial charge in [0, 0.05) is 31.4 Å². The van der Waals surface area contributed by atoms with Crippen molar-refractivity contribution >= 4 is 23.0 Å². The maximum Gasteiger partial charge on any atom is 0.292 e. The van der Waals surface area contributed by atoms with Crippen molar-refractivity contribution in [2.45, 2.75) is 6.10 Å². The molecule has 0 spiro atoms. The Morgan fingerprint density at radius 3 is 2.96 bits per heavy atom. The molecule has 1 atom stereocenters. The number of nitrogens with zero attached hydrogens (tertiary/aromatic N) is 3. The van der Waals surface area contributed by atoms with Gasteiger partial charge >= 0.3 is 0 Å². The average Bonchev–Trinajstić information content (AvgIpc) is 2.46. The molecule has 0 aliphatic carbocycles. The molecule has 0 aromatic heterocycles. The predicted molar refractivity (Wildman–Crippen MR) is 86.2 cm³/mol. The highest BCUT2D eigenvalue weighted by Crippen LogP contribution is 2.31. The van der Waals surface area contributed by atoms with E-state index in [4.69, 9.17) is 16.2 Å². The summed E-state index contributed by atoms with van der Waals surface area (Å²) in [6.45, 7) is 2.11. The van der Waals surface area contributed by atoms with E-state index in [1.165, 1.54) is 12.1 Å². The third-order valence-electron chi connectivity index (χ3n) is 3.62. The van der Waals surface area contributed by atoms with Crippen LogP contribution >= 0.6 is 0 Å². The van der Waals surface area contributed by atoms with Crippen LogP contribution in [-0.2, 0) is 9.53 Å². The summed E-state index contributed by atoms with van der Waals surface area (Å²) in [6.07, 6.45) is -0.172. The van der Waals surface area contributed by atoms with Gasteiger partial charge in [0.1, 0.15) is 5.69 Å². The Morgan fingerprint density at radius 1 is 1.57 bits per heavy atom. The molecule has 1 aromatic carbocycles. The first-order chi connectivity index (χ1) is 10.9. The molecule has 4 N–H and O–H groups in total. The number of nitro benzene ring substituents is 1. The normalized spacial score (nSPS) is 18.2. The van der Waals surface area contributed by atoms with Crippen LogP contribution in [0.15, 0.2) is 18.2 Å². The number of hydrogen-bond acceptors (Lipinski definition) is 7. The fourth-order valence-electron chi connectivity index (χ4n) is 2.67. The van der Waals surface area contributed by atoms with Gasteiger partial charge in [0.05, 0.1) is 24.2 Å². The van der Waals surface area contributed by atoms with Crippen LogP contribution < -0.4 is 16.4 Å². The molecule has 9 nitrogen and oxygen atoms in total. The summed E-state index contributed by atoms with van der Waals surface area (Å²) in [6, 6.07) is 4.53. The SMILES string of the molecule is CN(CC(N)=O)CC1CN(c2cc(N)ccc2[N+](=O)[O-])CCO1. The minimum absolute atomic E-state index is 0.0188. The minimum atomic E-state index is -0.418. The lowest BCUT2D eigenvalue weighted by atomic mass is 10.2. The topological polar surface area (TPSA) is 128 Å². The van der Waals surface area contributed by atoms with E-state index in [2.05, 4.69) is 0 Å². The second-order valence-corrected chi connectivity index (χ2v) is 5.61. The zero-order chi connectivity index (χ0) is 17.0. The number of nitrogen functional groups attached to an aromatic ring is 1. The molecule has 9 heteroatoms. The van der Waals surface area contributed by atoms with Gasteiger partial charge in [-0.25, -0.2) is 0 Å². The zero-order valence-electron chi connectivity index (χ0n) is 13.0. The van der Waals surface area contributed by atoms with E-state index in [9.17, 15) is 14.9 Å². The van der Waals surface area contributed by atoms with E-state index >= 15 is 0 Å². The summed E-state index contributed by atoms with van der Waals surface area (Å²) in [5, 5.41) is 11.2. The maximum atomic E-state index is 11.2. The second kappa shape index (κ2) is 7.25. The van der Waals surface area contributed by atoms with Crippen molar-refractivity contribution in [3.8, 4) is 0 Å². The van der Waals surface area contributed by atoms with E-state index in [1.807, 2.05) is 4.90 Å². The summed E-state index contributed by atoms with van der Waals surface area (Å²) >= 11 is 0. The van der Waals surface area contributed by atoms with Crippen LogP contribution in [0.3, 0.4) is 0 Å². The molecule has 23 heavy (non-hydrogen) atoms. The summed E-state index contributed by atoms with van der Waals surface area (Å²) in [5.74, 6) is -0.411. The number of carbonyl (C=O) groups excluding carboxylic acids is 1. The van der Waals surface area contributed by atoms with Crippen LogP contribution in [0.4, 0.5) is 17.1 Å². The number of morpholine rings is 1. The fraction of sp³-hybridized carbons (Fsp3) is 0.500. The Labute approximate surface area is 133 Å². The highest BCUT2D eigenvalue weighted by Gasteiger charge is 2.27. The monoisotopic (exact) mass is 323 g/mol. The standard InChI is InChI=1S/C14H21N5O4/c1-17(9-14(16)20)7-11-8-18(4-5-23-11)13-6-10(15)2-3-12(13)19(21)22/h2-3,6,11H,4-5,7-9,15H2,1H3,(H2,16,20). The highest BCUT2D eigenvalue weighted by atomic mass is 16.6. The third-order valence-corrected chi connectivity index (χ3v) is 3.62. The van der Waals surface area contributed by atoms with Crippen molar-refractivity contribution in [1.82, 2.24) is 4.90 Å². The van der Waals surface area contributed by atoms with E-state index in [0.717, 1.165) is 0 Å². The Balaban J connectivity index is 2.10. The quantitative estimate of drug-likeness (QED) is 0.421. The van der Waals surface area contributed by atoms with Crippen LogP contribution in [0.5, 0.6) is 0 Å². The number of likely N-dealkylation sites (N-methyl/N-ethyl adjacent to an activating group) is 1. The molecule has 1 unspecified atom stereocenters. The molecule has 1 aliphatic rings. The first kappa shape index (κ1) is 17.0. The number of rotatable bonds is 6. The van der Waals surface area contributed by atoms with Gasteiger partial charge in [-0.1, -0.05) is 0 Å². The van der Waals surface area contributed by atoms with Crippen LogP contribution in [0.1, 0.15) is 0 Å². The van der Waals surface area contributed by atoms with Crippen molar-refractivity contribution in [3.63, 3.8) is 0 Å². The Bertz CT molecular complexity index is 595. The first-order valence-electron chi connectivity index (χ1n) is 7.24. The van der Waals surface area contributed by atoms with E-state index in [1.54, 1.807) is 18.0 Å². The molecule has 1 heterocycles. The van der Waals surface area contributed by atoms with Crippen molar-refractivity contribution < 1.29 is 14.5 Å². The van der Waals surface area contributed by atoms with Gasteiger partial charge in [0.15, 0.2) is 0 Å². The van der Waals surface area contributed by atoms with E-state index in [0.29, 0.717) is 37.6 Å². The number of amides is 1. The highest BCUT2D eigenvalue weighted by molar-refractivity contribution is 5.75. The molecule has 2 rings (SSSR count). The Kier molecular flexibility index (Phi) is 5.35. The largest absolute Gasteiger partial charge is 0.399 e. The van der Waals surface area contributed by atoms with Crippen molar-refractivity contribution in [2.75, 3.05) is 50.5 Å². The van der Waals surface area contributed by atoms with Crippen LogP contribution in [0, 0.1) is 10.1 Å². The molecule has 1 aromatic rings.